The first-order chi connectivity index (χ1) is 7.20. The molecule has 0 aromatic carbocycles. The van der Waals surface area contributed by atoms with Gasteiger partial charge in [-0.25, -0.2) is 4.79 Å². The molecule has 0 aliphatic rings. The summed E-state index contributed by atoms with van der Waals surface area (Å²) in [4.78, 5) is 10.6. The third-order valence-electron chi connectivity index (χ3n) is 1.84. The molecule has 15 heavy (non-hydrogen) atoms. The number of hydrogen-bond acceptors (Lipinski definition) is 4. The smallest absolute Gasteiger partial charge is 0.330 e. The lowest BCUT2D eigenvalue weighted by Gasteiger charge is -2.10. The van der Waals surface area contributed by atoms with Crippen LogP contribution in [0.1, 0.15) is 20.3 Å². The van der Waals surface area contributed by atoms with Crippen molar-refractivity contribution in [3.8, 4) is 0 Å². The first-order valence-electron chi connectivity index (χ1n) is 5.19. The van der Waals surface area contributed by atoms with Crippen LogP contribution >= 0.6 is 0 Å². The summed E-state index contributed by atoms with van der Waals surface area (Å²) in [7, 11) is 0. The molecule has 0 bridgehead atoms. The van der Waals surface area contributed by atoms with Crippen molar-refractivity contribution >= 4 is 5.97 Å². The SMILES string of the molecule is C=CC(=O)OCCOCCOC(C)CC. The highest BCUT2D eigenvalue weighted by Gasteiger charge is 1.98. The minimum absolute atomic E-state index is 0.258. The first kappa shape index (κ1) is 14.1. The summed E-state index contributed by atoms with van der Waals surface area (Å²) in [6.07, 6.45) is 2.40. The van der Waals surface area contributed by atoms with Gasteiger partial charge in [0.2, 0.25) is 0 Å². The summed E-state index contributed by atoms with van der Waals surface area (Å²) in [6.45, 7) is 9.12. The highest BCUT2D eigenvalue weighted by atomic mass is 16.6. The number of rotatable bonds is 9. The minimum atomic E-state index is -0.422. The van der Waals surface area contributed by atoms with E-state index < -0.39 is 5.97 Å². The molecule has 1 atom stereocenters. The Bertz CT molecular complexity index is 179. The number of carbonyl (C=O) groups excluding carboxylic acids is 1. The van der Waals surface area contributed by atoms with Crippen molar-refractivity contribution in [2.45, 2.75) is 26.4 Å². The Morgan fingerprint density at radius 3 is 2.60 bits per heavy atom. The monoisotopic (exact) mass is 216 g/mol. The van der Waals surface area contributed by atoms with Crippen LogP contribution in [-0.4, -0.2) is 38.5 Å². The van der Waals surface area contributed by atoms with Crippen LogP contribution in [0.15, 0.2) is 12.7 Å². The fourth-order valence-corrected chi connectivity index (χ4v) is 0.788. The zero-order chi connectivity index (χ0) is 11.5. The molecule has 0 aliphatic carbocycles. The standard InChI is InChI=1S/C11H20O4/c1-4-10(3)14-8-6-13-7-9-15-11(12)5-2/h5,10H,2,4,6-9H2,1,3H3. The minimum Gasteiger partial charge on any atom is -0.460 e. The van der Waals surface area contributed by atoms with Crippen LogP contribution in [0.2, 0.25) is 0 Å². The van der Waals surface area contributed by atoms with Crippen molar-refractivity contribution in [2.24, 2.45) is 0 Å². The molecule has 0 radical (unpaired) electrons. The Labute approximate surface area is 91.2 Å². The molecule has 0 fully saturated rings. The van der Waals surface area contributed by atoms with E-state index in [1.165, 1.54) is 0 Å². The van der Waals surface area contributed by atoms with E-state index in [9.17, 15) is 4.79 Å². The van der Waals surface area contributed by atoms with Crippen molar-refractivity contribution in [1.82, 2.24) is 0 Å². The Balaban J connectivity index is 3.11. The van der Waals surface area contributed by atoms with Crippen molar-refractivity contribution in [3.05, 3.63) is 12.7 Å². The van der Waals surface area contributed by atoms with E-state index in [1.54, 1.807) is 0 Å². The second kappa shape index (κ2) is 9.68. The molecule has 4 nitrogen and oxygen atoms in total. The van der Waals surface area contributed by atoms with Crippen LogP contribution in [0.4, 0.5) is 0 Å². The highest BCUT2D eigenvalue weighted by molar-refractivity contribution is 5.81. The summed E-state index contributed by atoms with van der Waals surface area (Å²) >= 11 is 0. The molecule has 0 saturated heterocycles. The quantitative estimate of drug-likeness (QED) is 0.333. The fraction of sp³-hybridized carbons (Fsp3) is 0.727. The second-order valence-electron chi connectivity index (χ2n) is 3.07. The van der Waals surface area contributed by atoms with Gasteiger partial charge in [-0.3, -0.25) is 0 Å². The van der Waals surface area contributed by atoms with Gasteiger partial charge in [-0.2, -0.15) is 0 Å². The predicted octanol–water partition coefficient (Wildman–Crippen LogP) is 1.55. The summed E-state index contributed by atoms with van der Waals surface area (Å²) < 4.78 is 15.3. The molecular formula is C11H20O4. The predicted molar refractivity (Wildman–Crippen MR) is 57.7 cm³/mol. The summed E-state index contributed by atoms with van der Waals surface area (Å²) in [5.41, 5.74) is 0. The molecule has 0 aromatic rings. The summed E-state index contributed by atoms with van der Waals surface area (Å²) in [5, 5.41) is 0. The van der Waals surface area contributed by atoms with E-state index in [-0.39, 0.29) is 12.7 Å². The van der Waals surface area contributed by atoms with Crippen LogP contribution in [0.5, 0.6) is 0 Å². The highest BCUT2D eigenvalue weighted by Crippen LogP contribution is 1.94. The van der Waals surface area contributed by atoms with Gasteiger partial charge in [0.05, 0.1) is 25.9 Å². The fourth-order valence-electron chi connectivity index (χ4n) is 0.788. The molecule has 0 aliphatic heterocycles. The van der Waals surface area contributed by atoms with Gasteiger partial charge in [-0.15, -0.1) is 0 Å². The topological polar surface area (TPSA) is 44.8 Å². The lowest BCUT2D eigenvalue weighted by Crippen LogP contribution is -2.14. The first-order valence-corrected chi connectivity index (χ1v) is 5.19. The van der Waals surface area contributed by atoms with Gasteiger partial charge in [0.25, 0.3) is 0 Å². The van der Waals surface area contributed by atoms with E-state index in [0.29, 0.717) is 19.8 Å². The van der Waals surface area contributed by atoms with Crippen LogP contribution in [-0.2, 0) is 19.0 Å². The largest absolute Gasteiger partial charge is 0.460 e. The van der Waals surface area contributed by atoms with Crippen LogP contribution in [0, 0.1) is 0 Å². The Hall–Kier alpha value is -0.870. The average molecular weight is 216 g/mol. The zero-order valence-electron chi connectivity index (χ0n) is 9.53. The number of carbonyl (C=O) groups is 1. The normalized spacial score (nSPS) is 12.1. The summed E-state index contributed by atoms with van der Waals surface area (Å²) in [6, 6.07) is 0. The van der Waals surface area contributed by atoms with Crippen LogP contribution < -0.4 is 0 Å². The number of esters is 1. The van der Waals surface area contributed by atoms with Gasteiger partial charge >= 0.3 is 5.97 Å². The lowest BCUT2D eigenvalue weighted by molar-refractivity contribution is -0.139. The molecule has 0 aromatic heterocycles. The molecule has 0 heterocycles. The van der Waals surface area contributed by atoms with Gasteiger partial charge < -0.3 is 14.2 Å². The molecular weight excluding hydrogens is 196 g/mol. The van der Waals surface area contributed by atoms with E-state index >= 15 is 0 Å². The Kier molecular flexibility index (Phi) is 9.11. The van der Waals surface area contributed by atoms with Gasteiger partial charge in [0.1, 0.15) is 6.61 Å². The maximum atomic E-state index is 10.6. The third-order valence-corrected chi connectivity index (χ3v) is 1.84. The van der Waals surface area contributed by atoms with Gasteiger partial charge in [-0.1, -0.05) is 13.5 Å². The molecule has 0 spiro atoms. The molecule has 0 N–H and O–H groups in total. The lowest BCUT2D eigenvalue weighted by atomic mass is 10.3. The van der Waals surface area contributed by atoms with Gasteiger partial charge in [0.15, 0.2) is 0 Å². The maximum Gasteiger partial charge on any atom is 0.330 e. The number of ether oxygens (including phenoxy) is 3. The Morgan fingerprint density at radius 1 is 1.33 bits per heavy atom. The maximum absolute atomic E-state index is 10.6. The van der Waals surface area contributed by atoms with Crippen molar-refractivity contribution in [2.75, 3.05) is 26.4 Å². The van der Waals surface area contributed by atoms with Crippen LogP contribution in [0.25, 0.3) is 0 Å². The van der Waals surface area contributed by atoms with Crippen LogP contribution in [0.3, 0.4) is 0 Å². The van der Waals surface area contributed by atoms with E-state index in [4.69, 9.17) is 14.2 Å². The molecule has 0 rings (SSSR count). The molecule has 0 saturated carbocycles. The van der Waals surface area contributed by atoms with E-state index in [1.807, 2.05) is 6.92 Å². The van der Waals surface area contributed by atoms with E-state index in [0.717, 1.165) is 12.5 Å². The second-order valence-corrected chi connectivity index (χ2v) is 3.07. The molecule has 0 amide bonds. The van der Waals surface area contributed by atoms with Crippen molar-refractivity contribution in [3.63, 3.8) is 0 Å². The van der Waals surface area contributed by atoms with Gasteiger partial charge in [0, 0.05) is 6.08 Å². The molecule has 1 unspecified atom stereocenters. The van der Waals surface area contributed by atoms with Gasteiger partial charge in [-0.05, 0) is 13.3 Å². The third kappa shape index (κ3) is 9.43. The Morgan fingerprint density at radius 2 is 2.00 bits per heavy atom. The number of hydrogen-bond donors (Lipinski definition) is 0. The van der Waals surface area contributed by atoms with Crippen molar-refractivity contribution < 1.29 is 19.0 Å². The average Bonchev–Trinajstić information content (AvgIpc) is 2.26. The zero-order valence-corrected chi connectivity index (χ0v) is 9.53. The molecule has 4 heteroatoms. The summed E-state index contributed by atoms with van der Waals surface area (Å²) in [5.74, 6) is -0.422. The van der Waals surface area contributed by atoms with E-state index in [2.05, 4.69) is 13.5 Å². The molecule has 88 valence electrons. The van der Waals surface area contributed by atoms with Crippen molar-refractivity contribution in [1.29, 1.82) is 0 Å².